The van der Waals surface area contributed by atoms with Gasteiger partial charge in [-0.3, -0.25) is 0 Å². The molecule has 0 amide bonds. The number of fused-ring (bicyclic) bond motifs is 9. The van der Waals surface area contributed by atoms with Crippen LogP contribution in [0.3, 0.4) is 0 Å². The maximum atomic E-state index is 6.36. The Labute approximate surface area is 327 Å². The largest absolute Gasteiger partial charge is 0.453 e. The van der Waals surface area contributed by atoms with Gasteiger partial charge in [-0.05, 0) is 106 Å². The van der Waals surface area contributed by atoms with Crippen molar-refractivity contribution < 1.29 is 4.74 Å². The molecule has 262 valence electrons. The number of nitrogens with zero attached hydrogens (tertiary/aromatic N) is 2. The third-order valence-corrected chi connectivity index (χ3v) is 12.6. The minimum atomic E-state index is 0.879. The van der Waals surface area contributed by atoms with Gasteiger partial charge >= 0.3 is 0 Å². The summed E-state index contributed by atoms with van der Waals surface area (Å²) in [7, 11) is 0. The van der Waals surface area contributed by atoms with Crippen LogP contribution in [0.2, 0.25) is 0 Å². The van der Waals surface area contributed by atoms with Crippen LogP contribution in [0.4, 0.5) is 17.1 Å². The Balaban J connectivity index is 0.950. The molecule has 2 aromatic heterocycles. The number of thiophene rings is 1. The van der Waals surface area contributed by atoms with E-state index in [-0.39, 0.29) is 0 Å². The number of anilines is 3. The molecule has 11 aromatic rings. The second-order valence-corrected chi connectivity index (χ2v) is 15.6. The van der Waals surface area contributed by atoms with E-state index in [9.17, 15) is 0 Å². The lowest BCUT2D eigenvalue weighted by molar-refractivity contribution is 0.476. The number of hydrogen-bond donors (Lipinski definition) is 0. The minimum Gasteiger partial charge on any atom is -0.453 e. The third kappa shape index (κ3) is 4.76. The standard InChI is InChI=1S/C52H32N2OS/c1-2-10-36-31-40(29-21-33(36)9-1)53(39-27-22-35(23-28-39)41-12-7-14-44-42-11-3-6-18-50(42)56-52(41)44)38-25-19-34(20-26-38)37-24-30-46-45(32-37)43-13-8-17-49-51(43)54(46)47-15-4-5-16-48(47)55-49/h1-32H. The topological polar surface area (TPSA) is 17.4 Å². The van der Waals surface area contributed by atoms with E-state index in [1.165, 1.54) is 69.5 Å². The molecule has 9 aromatic carbocycles. The Morgan fingerprint density at radius 2 is 1.09 bits per heavy atom. The van der Waals surface area contributed by atoms with Gasteiger partial charge in [0.05, 0.1) is 16.7 Å². The highest BCUT2D eigenvalue weighted by Gasteiger charge is 2.23. The van der Waals surface area contributed by atoms with Crippen LogP contribution in [0.15, 0.2) is 194 Å². The van der Waals surface area contributed by atoms with E-state index in [0.717, 1.165) is 39.8 Å². The Bertz CT molecular complexity index is 3340. The molecule has 1 aliphatic rings. The van der Waals surface area contributed by atoms with E-state index in [1.54, 1.807) is 0 Å². The van der Waals surface area contributed by atoms with Crippen LogP contribution in [0, 0.1) is 0 Å². The van der Waals surface area contributed by atoms with E-state index in [2.05, 4.69) is 191 Å². The van der Waals surface area contributed by atoms with E-state index in [4.69, 9.17) is 4.74 Å². The van der Waals surface area contributed by atoms with Gasteiger partial charge in [0.15, 0.2) is 11.5 Å². The van der Waals surface area contributed by atoms with E-state index in [1.807, 2.05) is 23.5 Å². The molecule has 3 heterocycles. The fraction of sp³-hybridized carbons (Fsp3) is 0. The molecule has 12 rings (SSSR count). The molecule has 0 fully saturated rings. The van der Waals surface area contributed by atoms with Gasteiger partial charge in [0.25, 0.3) is 0 Å². The minimum absolute atomic E-state index is 0.879. The second-order valence-electron chi connectivity index (χ2n) is 14.5. The van der Waals surface area contributed by atoms with Crippen molar-refractivity contribution in [1.82, 2.24) is 4.57 Å². The average molecular weight is 733 g/mol. The summed E-state index contributed by atoms with van der Waals surface area (Å²) < 4.78 is 11.4. The van der Waals surface area contributed by atoms with Crippen molar-refractivity contribution in [3.05, 3.63) is 194 Å². The SMILES string of the molecule is c1ccc2c(c1)Oc1cccc3c4cc(-c5ccc(N(c6ccc(-c7cccc8c7sc7ccccc78)cc6)c6ccc7ccccc7c6)cc5)ccc4n-2c13. The molecule has 0 bridgehead atoms. The highest BCUT2D eigenvalue weighted by molar-refractivity contribution is 7.26. The van der Waals surface area contributed by atoms with Gasteiger partial charge in [-0.15, -0.1) is 11.3 Å². The van der Waals surface area contributed by atoms with Crippen molar-refractivity contribution in [3.8, 4) is 39.4 Å². The maximum absolute atomic E-state index is 6.36. The predicted molar refractivity (Wildman–Crippen MR) is 237 cm³/mol. The van der Waals surface area contributed by atoms with Crippen molar-refractivity contribution in [1.29, 1.82) is 0 Å². The van der Waals surface area contributed by atoms with Gasteiger partial charge in [0, 0.05) is 48.0 Å². The lowest BCUT2D eigenvalue weighted by atomic mass is 10.0. The Morgan fingerprint density at radius 3 is 1.96 bits per heavy atom. The molecule has 0 unspecified atom stereocenters. The maximum Gasteiger partial charge on any atom is 0.152 e. The van der Waals surface area contributed by atoms with Crippen LogP contribution in [-0.4, -0.2) is 4.57 Å². The van der Waals surface area contributed by atoms with Gasteiger partial charge in [-0.25, -0.2) is 0 Å². The quantitative estimate of drug-likeness (QED) is 0.175. The molecule has 1 aliphatic heterocycles. The smallest absolute Gasteiger partial charge is 0.152 e. The molecular weight excluding hydrogens is 701 g/mol. The molecule has 56 heavy (non-hydrogen) atoms. The van der Waals surface area contributed by atoms with E-state index in [0.29, 0.717) is 0 Å². The average Bonchev–Trinajstić information content (AvgIpc) is 3.81. The van der Waals surface area contributed by atoms with Gasteiger partial charge in [0.1, 0.15) is 0 Å². The van der Waals surface area contributed by atoms with Crippen molar-refractivity contribution in [2.24, 2.45) is 0 Å². The van der Waals surface area contributed by atoms with Crippen molar-refractivity contribution in [2.75, 3.05) is 4.90 Å². The Kier molecular flexibility index (Phi) is 6.80. The highest BCUT2D eigenvalue weighted by Crippen LogP contribution is 2.46. The molecule has 0 saturated carbocycles. The zero-order valence-corrected chi connectivity index (χ0v) is 31.0. The van der Waals surface area contributed by atoms with Gasteiger partial charge < -0.3 is 14.2 Å². The number of rotatable bonds is 5. The number of aromatic nitrogens is 1. The van der Waals surface area contributed by atoms with Gasteiger partial charge in [-0.1, -0.05) is 121 Å². The Morgan fingerprint density at radius 1 is 0.429 bits per heavy atom. The lowest BCUT2D eigenvalue weighted by Gasteiger charge is -2.26. The molecule has 0 radical (unpaired) electrons. The normalized spacial score (nSPS) is 12.1. The third-order valence-electron chi connectivity index (χ3n) is 11.4. The molecule has 0 N–H and O–H groups in total. The summed E-state index contributed by atoms with van der Waals surface area (Å²) in [5.41, 5.74) is 11.5. The van der Waals surface area contributed by atoms with Crippen LogP contribution in [0.25, 0.3) is 80.7 Å². The summed E-state index contributed by atoms with van der Waals surface area (Å²) in [6.07, 6.45) is 0. The van der Waals surface area contributed by atoms with Gasteiger partial charge in [0.2, 0.25) is 0 Å². The van der Waals surface area contributed by atoms with Crippen LogP contribution in [0.1, 0.15) is 0 Å². The number of hydrogen-bond acceptors (Lipinski definition) is 3. The summed E-state index contributed by atoms with van der Waals surface area (Å²) in [5, 5.41) is 7.49. The van der Waals surface area contributed by atoms with Crippen LogP contribution >= 0.6 is 11.3 Å². The lowest BCUT2D eigenvalue weighted by Crippen LogP contribution is -2.09. The highest BCUT2D eigenvalue weighted by atomic mass is 32.1. The fourth-order valence-electron chi connectivity index (χ4n) is 8.73. The first-order chi connectivity index (χ1) is 27.7. The predicted octanol–water partition coefficient (Wildman–Crippen LogP) is 15.2. The van der Waals surface area contributed by atoms with E-state index < -0.39 is 0 Å². The molecular formula is C52H32N2OS. The molecule has 0 aliphatic carbocycles. The summed E-state index contributed by atoms with van der Waals surface area (Å²) in [6, 6.07) is 70.3. The molecule has 4 heteroatoms. The number of para-hydroxylation sites is 3. The van der Waals surface area contributed by atoms with Crippen LogP contribution in [0.5, 0.6) is 11.5 Å². The summed E-state index contributed by atoms with van der Waals surface area (Å²) in [5.74, 6) is 1.77. The zero-order valence-electron chi connectivity index (χ0n) is 30.2. The summed E-state index contributed by atoms with van der Waals surface area (Å²) in [4.78, 5) is 2.37. The first-order valence-corrected chi connectivity index (χ1v) is 19.8. The van der Waals surface area contributed by atoms with Crippen molar-refractivity contribution >= 4 is 81.1 Å². The first-order valence-electron chi connectivity index (χ1n) is 19.0. The van der Waals surface area contributed by atoms with Crippen LogP contribution in [-0.2, 0) is 0 Å². The molecule has 0 spiro atoms. The van der Waals surface area contributed by atoms with Crippen LogP contribution < -0.4 is 9.64 Å². The Hall–Kier alpha value is -7.14. The zero-order chi connectivity index (χ0) is 36.7. The van der Waals surface area contributed by atoms with Crippen molar-refractivity contribution in [2.45, 2.75) is 0 Å². The van der Waals surface area contributed by atoms with E-state index >= 15 is 0 Å². The van der Waals surface area contributed by atoms with Crippen molar-refractivity contribution in [3.63, 3.8) is 0 Å². The number of ether oxygens (including phenoxy) is 1. The second kappa shape index (κ2) is 12.2. The first kappa shape index (κ1) is 31.2. The summed E-state index contributed by atoms with van der Waals surface area (Å²) in [6.45, 7) is 0. The molecule has 0 atom stereocenters. The number of benzene rings is 9. The monoisotopic (exact) mass is 732 g/mol. The molecule has 3 nitrogen and oxygen atoms in total. The van der Waals surface area contributed by atoms with Gasteiger partial charge in [-0.2, -0.15) is 0 Å². The molecule has 0 saturated heterocycles. The summed E-state index contributed by atoms with van der Waals surface area (Å²) >= 11 is 1.87. The fourth-order valence-corrected chi connectivity index (χ4v) is 9.97.